The van der Waals surface area contributed by atoms with Crippen molar-refractivity contribution in [2.75, 3.05) is 12.3 Å². The lowest BCUT2D eigenvalue weighted by molar-refractivity contribution is -0.144. The molecular weight excluding hydrogens is 352 g/mol. The van der Waals surface area contributed by atoms with Gasteiger partial charge in [-0.05, 0) is 44.0 Å². The number of benzene rings is 1. The highest BCUT2D eigenvalue weighted by atomic mass is 16.5. The van der Waals surface area contributed by atoms with E-state index >= 15 is 0 Å². The van der Waals surface area contributed by atoms with Crippen molar-refractivity contribution < 1.29 is 14.3 Å². The van der Waals surface area contributed by atoms with Crippen LogP contribution in [-0.4, -0.2) is 24.5 Å². The quantitative estimate of drug-likeness (QED) is 0.329. The van der Waals surface area contributed by atoms with Crippen molar-refractivity contribution in [1.82, 2.24) is 5.32 Å². The van der Waals surface area contributed by atoms with E-state index in [4.69, 9.17) is 10.5 Å². The number of rotatable bonds is 7. The first-order valence-electron chi connectivity index (χ1n) is 9.70. The number of nitrogen functional groups attached to an aromatic ring is 1. The minimum Gasteiger partial charge on any atom is -0.466 e. The van der Waals surface area contributed by atoms with Crippen molar-refractivity contribution in [3.63, 3.8) is 0 Å². The first-order valence-corrected chi connectivity index (χ1v) is 9.70. The Morgan fingerprint density at radius 3 is 2.71 bits per heavy atom. The molecule has 0 saturated heterocycles. The molecule has 1 aromatic rings. The number of carbonyl (C=O) groups excluding carboxylic acids is 2. The van der Waals surface area contributed by atoms with Gasteiger partial charge in [-0.2, -0.15) is 0 Å². The zero-order valence-electron chi connectivity index (χ0n) is 16.5. The van der Waals surface area contributed by atoms with Gasteiger partial charge in [-0.1, -0.05) is 43.4 Å². The second kappa shape index (κ2) is 11.0. The van der Waals surface area contributed by atoms with Gasteiger partial charge in [0, 0.05) is 28.8 Å². The van der Waals surface area contributed by atoms with Gasteiger partial charge in [0.1, 0.15) is 0 Å². The molecule has 5 nitrogen and oxygen atoms in total. The molecule has 0 fully saturated rings. The lowest BCUT2D eigenvalue weighted by Crippen LogP contribution is -2.35. The molecule has 1 aliphatic rings. The first-order chi connectivity index (χ1) is 13.5. The highest BCUT2D eigenvalue weighted by Gasteiger charge is 2.16. The van der Waals surface area contributed by atoms with Crippen LogP contribution < -0.4 is 11.1 Å². The average molecular weight is 380 g/mol. The molecule has 2 rings (SSSR count). The minimum atomic E-state index is -0.285. The highest BCUT2D eigenvalue weighted by Crippen LogP contribution is 2.16. The maximum absolute atomic E-state index is 12.3. The summed E-state index contributed by atoms with van der Waals surface area (Å²) in [6, 6.07) is 7.14. The van der Waals surface area contributed by atoms with Gasteiger partial charge in [0.25, 0.3) is 5.91 Å². The predicted molar refractivity (Wildman–Crippen MR) is 111 cm³/mol. The lowest BCUT2D eigenvalue weighted by Gasteiger charge is -2.16. The fourth-order valence-corrected chi connectivity index (χ4v) is 2.64. The van der Waals surface area contributed by atoms with E-state index in [1.54, 1.807) is 13.0 Å². The molecular formula is C23H28N2O3. The third-order valence-electron chi connectivity index (χ3n) is 4.29. The summed E-state index contributed by atoms with van der Waals surface area (Å²) in [6.45, 7) is 4.27. The van der Waals surface area contributed by atoms with E-state index in [-0.39, 0.29) is 30.3 Å². The Labute approximate surface area is 167 Å². The van der Waals surface area contributed by atoms with Crippen LogP contribution in [0.15, 0.2) is 48.1 Å². The van der Waals surface area contributed by atoms with Gasteiger partial charge in [0.2, 0.25) is 0 Å². The number of hydrogen-bond donors (Lipinski definition) is 2. The van der Waals surface area contributed by atoms with Crippen LogP contribution in [0.25, 0.3) is 0 Å². The van der Waals surface area contributed by atoms with Gasteiger partial charge >= 0.3 is 5.97 Å². The topological polar surface area (TPSA) is 81.4 Å². The fraction of sp³-hybridized carbons (Fsp3) is 0.391. The van der Waals surface area contributed by atoms with Gasteiger partial charge in [0.15, 0.2) is 0 Å². The van der Waals surface area contributed by atoms with E-state index < -0.39 is 0 Å². The summed E-state index contributed by atoms with van der Waals surface area (Å²) in [4.78, 5) is 24.0. The fourth-order valence-electron chi connectivity index (χ4n) is 2.64. The molecule has 3 N–H and O–H groups in total. The zero-order valence-corrected chi connectivity index (χ0v) is 16.5. The van der Waals surface area contributed by atoms with E-state index in [0.29, 0.717) is 24.3 Å². The lowest BCUT2D eigenvalue weighted by atomic mass is 9.96. The highest BCUT2D eigenvalue weighted by molar-refractivity contribution is 5.96. The molecule has 1 aromatic carbocycles. The zero-order chi connectivity index (χ0) is 20.4. The third kappa shape index (κ3) is 7.32. The van der Waals surface area contributed by atoms with E-state index in [1.165, 1.54) is 0 Å². The molecule has 2 unspecified atom stereocenters. The molecule has 0 bridgehead atoms. The molecule has 0 radical (unpaired) electrons. The number of allylic oxidation sites excluding steroid dienone is 2. The number of anilines is 1. The number of ether oxygens (including phenoxy) is 1. The molecule has 1 amide bonds. The third-order valence-corrected chi connectivity index (χ3v) is 4.29. The Morgan fingerprint density at radius 2 is 2.07 bits per heavy atom. The van der Waals surface area contributed by atoms with Crippen LogP contribution in [0.1, 0.15) is 45.1 Å². The van der Waals surface area contributed by atoms with Crippen molar-refractivity contribution >= 4 is 17.6 Å². The molecule has 0 saturated carbocycles. The smallest absolute Gasteiger partial charge is 0.307 e. The molecule has 0 aliphatic heterocycles. The molecule has 0 heterocycles. The largest absolute Gasteiger partial charge is 0.466 e. The van der Waals surface area contributed by atoms with Crippen LogP contribution in [0, 0.1) is 17.8 Å². The normalized spacial score (nSPS) is 16.4. The van der Waals surface area contributed by atoms with Crippen LogP contribution in [0.3, 0.4) is 0 Å². The second-order valence-corrected chi connectivity index (χ2v) is 6.90. The van der Waals surface area contributed by atoms with E-state index in [2.05, 4.69) is 17.2 Å². The maximum atomic E-state index is 12.3. The number of nitrogens with two attached hydrogens (primary N) is 1. The summed E-state index contributed by atoms with van der Waals surface area (Å²) in [5.74, 6) is 5.91. The van der Waals surface area contributed by atoms with Crippen molar-refractivity contribution in [2.24, 2.45) is 5.92 Å². The Hall–Kier alpha value is -3.00. The van der Waals surface area contributed by atoms with Crippen molar-refractivity contribution in [3.8, 4) is 11.8 Å². The molecule has 0 aromatic heterocycles. The Morgan fingerprint density at radius 1 is 1.32 bits per heavy atom. The number of carbonyl (C=O) groups is 2. The molecule has 0 spiro atoms. The van der Waals surface area contributed by atoms with Gasteiger partial charge in [-0.15, -0.1) is 0 Å². The number of hydrogen-bond acceptors (Lipinski definition) is 4. The summed E-state index contributed by atoms with van der Waals surface area (Å²) < 4.78 is 5.12. The standard InChI is InChI=1S/C23H28N2O3/c1-3-4-15-28-22(26)16-17(2)25-23(27)20-11-7-18(8-12-20)5-6-19-9-13-21(24)14-10-19/h7,9-14,17-18H,3-4,8,15-16,24H2,1-2H3,(H,25,27). The number of nitrogens with one attached hydrogen (secondary N) is 1. The summed E-state index contributed by atoms with van der Waals surface area (Å²) in [5, 5.41) is 2.84. The Bertz CT molecular complexity index is 797. The monoisotopic (exact) mass is 380 g/mol. The Balaban J connectivity index is 1.79. The van der Waals surface area contributed by atoms with Crippen molar-refractivity contribution in [2.45, 2.75) is 45.6 Å². The van der Waals surface area contributed by atoms with Gasteiger partial charge in [-0.3, -0.25) is 9.59 Å². The molecule has 1 aliphatic carbocycles. The summed E-state index contributed by atoms with van der Waals surface area (Å²) in [5.41, 5.74) is 7.89. The van der Waals surface area contributed by atoms with Crippen LogP contribution >= 0.6 is 0 Å². The summed E-state index contributed by atoms with van der Waals surface area (Å²) in [7, 11) is 0. The van der Waals surface area contributed by atoms with Crippen LogP contribution in [-0.2, 0) is 14.3 Å². The maximum Gasteiger partial charge on any atom is 0.307 e. The SMILES string of the molecule is CCCCOC(=O)CC(C)NC(=O)C1=CCC(C#Cc2ccc(N)cc2)C=C1. The van der Waals surface area contributed by atoms with Crippen LogP contribution in [0.2, 0.25) is 0 Å². The first kappa shape index (κ1) is 21.3. The number of esters is 1. The number of amides is 1. The van der Waals surface area contributed by atoms with Crippen LogP contribution in [0.5, 0.6) is 0 Å². The van der Waals surface area contributed by atoms with Crippen molar-refractivity contribution in [3.05, 3.63) is 53.6 Å². The van der Waals surface area contributed by atoms with Crippen molar-refractivity contribution in [1.29, 1.82) is 0 Å². The van der Waals surface area contributed by atoms with E-state index in [0.717, 1.165) is 18.4 Å². The molecule has 148 valence electrons. The van der Waals surface area contributed by atoms with Gasteiger partial charge in [-0.25, -0.2) is 0 Å². The molecule has 5 heteroatoms. The van der Waals surface area contributed by atoms with E-state index in [1.807, 2.05) is 43.3 Å². The van der Waals surface area contributed by atoms with E-state index in [9.17, 15) is 9.59 Å². The van der Waals surface area contributed by atoms with Gasteiger partial charge in [0.05, 0.1) is 13.0 Å². The van der Waals surface area contributed by atoms with Crippen LogP contribution in [0.4, 0.5) is 5.69 Å². The predicted octanol–water partition coefficient (Wildman–Crippen LogP) is 3.36. The number of unbranched alkanes of at least 4 members (excludes halogenated alkanes) is 1. The summed E-state index contributed by atoms with van der Waals surface area (Å²) in [6.07, 6.45) is 8.27. The minimum absolute atomic E-state index is 0.0695. The second-order valence-electron chi connectivity index (χ2n) is 6.90. The Kier molecular flexibility index (Phi) is 8.36. The van der Waals surface area contributed by atoms with Gasteiger partial charge < -0.3 is 15.8 Å². The summed E-state index contributed by atoms with van der Waals surface area (Å²) >= 11 is 0. The molecule has 2 atom stereocenters. The average Bonchev–Trinajstić information content (AvgIpc) is 2.68. The molecule has 28 heavy (non-hydrogen) atoms.